The van der Waals surface area contributed by atoms with E-state index in [1.807, 2.05) is 0 Å². The van der Waals surface area contributed by atoms with E-state index in [9.17, 15) is 23.1 Å². The normalized spacial score (nSPS) is 24.4. The first-order valence-electron chi connectivity index (χ1n) is 10.4. The average molecular weight is 487 g/mol. The molecule has 0 spiro atoms. The van der Waals surface area contributed by atoms with E-state index in [-0.39, 0.29) is 25.3 Å². The molecule has 33 heavy (non-hydrogen) atoms. The summed E-state index contributed by atoms with van der Waals surface area (Å²) in [7, 11) is 0. The molecule has 0 saturated heterocycles. The zero-order chi connectivity index (χ0) is 23.8. The monoisotopic (exact) mass is 486 g/mol. The third-order valence-electron chi connectivity index (χ3n) is 5.57. The largest absolute Gasteiger partial charge is 0.522 e. The van der Waals surface area contributed by atoms with Crippen molar-refractivity contribution in [3.8, 4) is 5.75 Å². The number of nitrogens with one attached hydrogen (secondary N) is 1. The number of aryl methyl sites for hydroxylation is 1. The number of rotatable bonds is 7. The van der Waals surface area contributed by atoms with Crippen molar-refractivity contribution in [2.75, 3.05) is 0 Å². The highest BCUT2D eigenvalue weighted by Gasteiger charge is 2.41. The molecular formula is C21H22ClF3N4O4. The Labute approximate surface area is 192 Å². The van der Waals surface area contributed by atoms with Crippen LogP contribution in [0.15, 0.2) is 36.7 Å². The van der Waals surface area contributed by atoms with Gasteiger partial charge in [0.25, 0.3) is 5.91 Å². The molecule has 8 nitrogen and oxygen atoms in total. The fraction of sp³-hybridized carbons (Fsp3) is 0.476. The Morgan fingerprint density at radius 1 is 1.36 bits per heavy atom. The average Bonchev–Trinajstić information content (AvgIpc) is 3.17. The third kappa shape index (κ3) is 5.84. The van der Waals surface area contributed by atoms with Gasteiger partial charge in [-0.3, -0.25) is 9.53 Å². The predicted molar refractivity (Wildman–Crippen MR) is 110 cm³/mol. The van der Waals surface area contributed by atoms with Crippen molar-refractivity contribution in [3.05, 3.63) is 53.0 Å². The van der Waals surface area contributed by atoms with E-state index in [1.165, 1.54) is 11.0 Å². The van der Waals surface area contributed by atoms with Crippen molar-refractivity contribution in [1.82, 2.24) is 20.3 Å². The van der Waals surface area contributed by atoms with Crippen LogP contribution in [0.3, 0.4) is 0 Å². The lowest BCUT2D eigenvalue weighted by Crippen LogP contribution is -2.41. The number of benzene rings is 1. The Balaban J connectivity index is 1.23. The van der Waals surface area contributed by atoms with Gasteiger partial charge in [0.2, 0.25) is 0 Å². The van der Waals surface area contributed by atoms with E-state index in [1.54, 1.807) is 18.2 Å². The van der Waals surface area contributed by atoms with E-state index in [2.05, 4.69) is 26.8 Å². The predicted octanol–water partition coefficient (Wildman–Crippen LogP) is 3.62. The van der Waals surface area contributed by atoms with Gasteiger partial charge in [0, 0.05) is 22.7 Å². The number of carbonyl (C=O) groups excluding carboxylic acids is 1. The van der Waals surface area contributed by atoms with Crippen molar-refractivity contribution < 1.29 is 32.5 Å². The second kappa shape index (κ2) is 9.32. The van der Waals surface area contributed by atoms with Crippen LogP contribution in [0.4, 0.5) is 13.2 Å². The highest BCUT2D eigenvalue weighted by molar-refractivity contribution is 6.30. The Morgan fingerprint density at radius 2 is 2.12 bits per heavy atom. The van der Waals surface area contributed by atoms with Crippen LogP contribution in [0.25, 0.3) is 0 Å². The topological polar surface area (TPSA) is 98.5 Å². The molecule has 0 bridgehead atoms. The maximum Gasteiger partial charge on any atom is 0.522 e. The van der Waals surface area contributed by atoms with E-state index < -0.39 is 30.6 Å². The molecule has 1 aromatic heterocycles. The van der Waals surface area contributed by atoms with Gasteiger partial charge in [-0.05, 0) is 43.9 Å². The second-order valence-corrected chi connectivity index (χ2v) is 8.54. The number of fused-ring (bicyclic) bond motifs is 1. The van der Waals surface area contributed by atoms with E-state index in [0.29, 0.717) is 40.6 Å². The van der Waals surface area contributed by atoms with Gasteiger partial charge < -0.3 is 15.2 Å². The number of allylic oxidation sites excluding steroid dienone is 1. The quantitative estimate of drug-likeness (QED) is 0.620. The molecule has 1 amide bonds. The minimum atomic E-state index is -4.64. The van der Waals surface area contributed by atoms with Crippen LogP contribution in [0.2, 0.25) is 5.02 Å². The molecule has 2 atom stereocenters. The maximum atomic E-state index is 12.6. The lowest BCUT2D eigenvalue weighted by Gasteiger charge is -2.34. The minimum absolute atomic E-state index is 0.0845. The SMILES string of the molecule is C=C(CCc1cnn([C@H]2C[C@@H](OC(F)(F)F)C2)n1)NC(=O)[C@@H]1C[C@@H](O)c2cc(Cl)ccc2O1. The summed E-state index contributed by atoms with van der Waals surface area (Å²) in [5.74, 6) is -0.0205. The summed E-state index contributed by atoms with van der Waals surface area (Å²) in [5.41, 5.74) is 1.61. The third-order valence-corrected chi connectivity index (χ3v) is 5.80. The Hall–Kier alpha value is -2.63. The number of aliphatic hydroxyl groups is 1. The van der Waals surface area contributed by atoms with Crippen molar-refractivity contribution >= 4 is 17.5 Å². The van der Waals surface area contributed by atoms with Gasteiger partial charge in [0.15, 0.2) is 6.10 Å². The number of ether oxygens (including phenoxy) is 2. The van der Waals surface area contributed by atoms with Gasteiger partial charge in [0.05, 0.1) is 30.1 Å². The second-order valence-electron chi connectivity index (χ2n) is 8.10. The van der Waals surface area contributed by atoms with Crippen LogP contribution < -0.4 is 10.1 Å². The molecule has 1 saturated carbocycles. The molecule has 0 radical (unpaired) electrons. The number of halogens is 4. The van der Waals surface area contributed by atoms with Gasteiger partial charge in [-0.2, -0.15) is 15.0 Å². The van der Waals surface area contributed by atoms with E-state index >= 15 is 0 Å². The summed E-state index contributed by atoms with van der Waals surface area (Å²) in [4.78, 5) is 14.0. The summed E-state index contributed by atoms with van der Waals surface area (Å²) in [6.45, 7) is 3.85. The fourth-order valence-electron chi connectivity index (χ4n) is 3.79. The van der Waals surface area contributed by atoms with Crippen LogP contribution >= 0.6 is 11.6 Å². The van der Waals surface area contributed by atoms with Crippen LogP contribution in [0.1, 0.15) is 49.1 Å². The maximum absolute atomic E-state index is 12.6. The van der Waals surface area contributed by atoms with Crippen LogP contribution in [0, 0.1) is 0 Å². The first-order valence-corrected chi connectivity index (χ1v) is 10.7. The van der Waals surface area contributed by atoms with E-state index in [4.69, 9.17) is 16.3 Å². The lowest BCUT2D eigenvalue weighted by atomic mass is 9.90. The highest BCUT2D eigenvalue weighted by Crippen LogP contribution is 2.38. The molecule has 1 aliphatic carbocycles. The van der Waals surface area contributed by atoms with Crippen LogP contribution in [0.5, 0.6) is 5.75 Å². The summed E-state index contributed by atoms with van der Waals surface area (Å²) < 4.78 is 46.3. The number of carbonyl (C=O) groups is 1. The molecule has 1 fully saturated rings. The van der Waals surface area contributed by atoms with Crippen molar-refractivity contribution in [3.63, 3.8) is 0 Å². The summed E-state index contributed by atoms with van der Waals surface area (Å²) >= 11 is 5.94. The molecule has 2 aromatic rings. The van der Waals surface area contributed by atoms with Crippen LogP contribution in [-0.2, 0) is 16.0 Å². The smallest absolute Gasteiger partial charge is 0.480 e. The lowest BCUT2D eigenvalue weighted by molar-refractivity contribution is -0.353. The fourth-order valence-corrected chi connectivity index (χ4v) is 3.97. The number of hydrogen-bond donors (Lipinski definition) is 2. The summed E-state index contributed by atoms with van der Waals surface area (Å²) in [5, 5.41) is 21.9. The van der Waals surface area contributed by atoms with E-state index in [0.717, 1.165) is 0 Å². The molecule has 2 heterocycles. The number of aromatic nitrogens is 3. The molecule has 12 heteroatoms. The standard InChI is InChI=1S/C21H22ClF3N4O4/c1-11(27-20(31)19-9-17(30)16-6-12(22)3-5-18(16)32-19)2-4-13-10-26-29(28-13)14-7-15(8-14)33-21(23,24)25/h3,5-6,10,14-15,17,19,30H,1-2,4,7-9H2,(H,27,31)/t14-,15+,17-,19+/m1/s1. The van der Waals surface area contributed by atoms with Gasteiger partial charge in [-0.25, -0.2) is 0 Å². The number of amides is 1. The highest BCUT2D eigenvalue weighted by atomic mass is 35.5. The zero-order valence-corrected chi connectivity index (χ0v) is 18.1. The first kappa shape index (κ1) is 23.5. The number of hydrogen-bond acceptors (Lipinski definition) is 6. The van der Waals surface area contributed by atoms with Crippen LogP contribution in [-0.4, -0.2) is 44.6 Å². The van der Waals surface area contributed by atoms with Gasteiger partial charge in [-0.15, -0.1) is 13.2 Å². The molecule has 2 N–H and O–H groups in total. The zero-order valence-electron chi connectivity index (χ0n) is 17.4. The molecule has 1 aromatic carbocycles. The molecule has 4 rings (SSSR count). The Morgan fingerprint density at radius 3 is 2.85 bits per heavy atom. The van der Waals surface area contributed by atoms with Gasteiger partial charge in [0.1, 0.15) is 5.75 Å². The molecule has 1 aliphatic heterocycles. The van der Waals surface area contributed by atoms with Crippen molar-refractivity contribution in [1.29, 1.82) is 0 Å². The van der Waals surface area contributed by atoms with Gasteiger partial charge >= 0.3 is 6.36 Å². The summed E-state index contributed by atoms with van der Waals surface area (Å²) in [6, 6.07) is 4.60. The molecular weight excluding hydrogens is 465 g/mol. The molecule has 0 unspecified atom stereocenters. The first-order chi connectivity index (χ1) is 15.6. The number of nitrogens with zero attached hydrogens (tertiary/aromatic N) is 3. The van der Waals surface area contributed by atoms with Gasteiger partial charge in [-0.1, -0.05) is 18.2 Å². The molecule has 178 valence electrons. The van der Waals surface area contributed by atoms with Crippen molar-refractivity contribution in [2.45, 2.75) is 62.8 Å². The number of aliphatic hydroxyl groups excluding tert-OH is 1. The minimum Gasteiger partial charge on any atom is -0.480 e. The summed E-state index contributed by atoms with van der Waals surface area (Å²) in [6.07, 6.45) is -4.43. The Bertz CT molecular complexity index is 1040. The Kier molecular flexibility index (Phi) is 6.64. The molecule has 2 aliphatic rings. The number of alkyl halides is 3. The van der Waals surface area contributed by atoms with Crippen molar-refractivity contribution in [2.24, 2.45) is 0 Å².